The van der Waals surface area contributed by atoms with Crippen LogP contribution >= 0.6 is 23.2 Å². The number of fused-ring (bicyclic) bond motifs is 1. The molecular weight excluding hydrogens is 523 g/mol. The number of nitrogens with zero attached hydrogens (tertiary/aromatic N) is 2. The van der Waals surface area contributed by atoms with Gasteiger partial charge in [0.05, 0.1) is 6.04 Å². The Kier molecular flexibility index (Phi) is 9.44. The highest BCUT2D eigenvalue weighted by Crippen LogP contribution is 2.22. The van der Waals surface area contributed by atoms with Crippen molar-refractivity contribution in [2.45, 2.75) is 37.9 Å². The second kappa shape index (κ2) is 13.0. The molecule has 1 aliphatic heterocycles. The molecule has 1 fully saturated rings. The highest BCUT2D eigenvalue weighted by atomic mass is 35.5. The van der Waals surface area contributed by atoms with Crippen molar-refractivity contribution in [3.05, 3.63) is 81.8 Å². The molecule has 2 atom stereocenters. The third-order valence-corrected chi connectivity index (χ3v) is 6.99. The SMILES string of the molecule is NC(N)=NCCC[C@@H]1NC(CNC(=O)c2ccc3ccccc3c2)CCN(Cc2cc(Cl)cc(Cl)c2)C1=O. The maximum absolute atomic E-state index is 13.5. The standard InChI is InChI=1S/C28H32Cl2N6O2/c29-22-12-18(13-23(30)15-22)17-36-11-9-24(35-25(27(36)38)6-3-10-33-28(31)32)16-34-26(37)21-8-7-19-4-1-2-5-20(19)14-21/h1-2,4-5,7-8,12-15,24-25,35H,3,6,9-11,16-17H2,(H,34,37)(H4,31,32,33)/t24?,25-/m0/s1. The summed E-state index contributed by atoms with van der Waals surface area (Å²) in [5, 5.41) is 9.64. The zero-order valence-corrected chi connectivity index (χ0v) is 22.5. The molecule has 4 rings (SSSR count). The molecule has 3 aromatic carbocycles. The normalized spacial score (nSPS) is 17.7. The zero-order chi connectivity index (χ0) is 27.1. The smallest absolute Gasteiger partial charge is 0.251 e. The van der Waals surface area contributed by atoms with Crippen LogP contribution in [0.5, 0.6) is 0 Å². The number of hydrogen-bond acceptors (Lipinski definition) is 4. The molecule has 3 aromatic rings. The molecule has 38 heavy (non-hydrogen) atoms. The highest BCUT2D eigenvalue weighted by Gasteiger charge is 2.31. The second-order valence-corrected chi connectivity index (χ2v) is 10.3. The van der Waals surface area contributed by atoms with Crippen LogP contribution in [0.4, 0.5) is 0 Å². The number of rotatable bonds is 9. The Morgan fingerprint density at radius 3 is 2.53 bits per heavy atom. The summed E-state index contributed by atoms with van der Waals surface area (Å²) >= 11 is 12.4. The number of carbonyl (C=O) groups is 2. The summed E-state index contributed by atoms with van der Waals surface area (Å²) in [4.78, 5) is 32.3. The molecular formula is C28H32Cl2N6O2. The molecule has 1 unspecified atom stereocenters. The molecule has 0 aromatic heterocycles. The lowest BCUT2D eigenvalue weighted by Gasteiger charge is -2.25. The van der Waals surface area contributed by atoms with E-state index in [0.29, 0.717) is 61.1 Å². The van der Waals surface area contributed by atoms with E-state index in [1.165, 1.54) is 0 Å². The number of amides is 2. The summed E-state index contributed by atoms with van der Waals surface area (Å²) in [6, 6.07) is 18.3. The Hall–Kier alpha value is -3.33. The lowest BCUT2D eigenvalue weighted by molar-refractivity contribution is -0.133. The summed E-state index contributed by atoms with van der Waals surface area (Å²) in [5.41, 5.74) is 12.3. The average Bonchev–Trinajstić information content (AvgIpc) is 3.03. The van der Waals surface area contributed by atoms with Gasteiger partial charge in [-0.15, -0.1) is 0 Å². The Morgan fingerprint density at radius 2 is 1.79 bits per heavy atom. The number of guanidine groups is 1. The van der Waals surface area contributed by atoms with E-state index >= 15 is 0 Å². The van der Waals surface area contributed by atoms with Crippen LogP contribution < -0.4 is 22.1 Å². The molecule has 2 amide bonds. The molecule has 0 saturated carbocycles. The van der Waals surface area contributed by atoms with Crippen molar-refractivity contribution in [1.82, 2.24) is 15.5 Å². The minimum atomic E-state index is -0.441. The summed E-state index contributed by atoms with van der Waals surface area (Å²) in [7, 11) is 0. The van der Waals surface area contributed by atoms with E-state index in [4.69, 9.17) is 34.7 Å². The second-order valence-electron chi connectivity index (χ2n) is 9.46. The molecule has 0 aliphatic carbocycles. The van der Waals surface area contributed by atoms with Crippen LogP contribution in [0.15, 0.2) is 65.7 Å². The van der Waals surface area contributed by atoms with Gasteiger partial charge in [-0.25, -0.2) is 0 Å². The first-order valence-electron chi connectivity index (χ1n) is 12.6. The minimum Gasteiger partial charge on any atom is -0.370 e. The van der Waals surface area contributed by atoms with Crippen LogP contribution in [0, 0.1) is 0 Å². The van der Waals surface area contributed by atoms with Crippen molar-refractivity contribution in [3.63, 3.8) is 0 Å². The van der Waals surface area contributed by atoms with Gasteiger partial charge in [-0.2, -0.15) is 0 Å². The predicted molar refractivity (Wildman–Crippen MR) is 153 cm³/mol. The maximum atomic E-state index is 13.5. The molecule has 1 saturated heterocycles. The Labute approximate surface area is 232 Å². The fourth-order valence-electron chi connectivity index (χ4n) is 4.68. The number of nitrogens with one attached hydrogen (secondary N) is 2. The van der Waals surface area contributed by atoms with Crippen LogP contribution in [0.2, 0.25) is 10.0 Å². The number of nitrogens with two attached hydrogens (primary N) is 2. The quantitative estimate of drug-likeness (QED) is 0.182. The predicted octanol–water partition coefficient (Wildman–Crippen LogP) is 3.69. The van der Waals surface area contributed by atoms with Gasteiger partial charge >= 0.3 is 0 Å². The maximum Gasteiger partial charge on any atom is 0.251 e. The van der Waals surface area contributed by atoms with E-state index in [-0.39, 0.29) is 23.8 Å². The molecule has 1 heterocycles. The Bertz CT molecular complexity index is 1310. The average molecular weight is 556 g/mol. The molecule has 6 N–H and O–H groups in total. The van der Waals surface area contributed by atoms with Crippen molar-refractivity contribution in [1.29, 1.82) is 0 Å². The van der Waals surface area contributed by atoms with Gasteiger partial charge in [0, 0.05) is 47.8 Å². The third kappa shape index (κ3) is 7.60. The van der Waals surface area contributed by atoms with Crippen molar-refractivity contribution >= 4 is 51.7 Å². The van der Waals surface area contributed by atoms with Gasteiger partial charge in [-0.1, -0.05) is 53.5 Å². The van der Waals surface area contributed by atoms with Crippen molar-refractivity contribution in [2.75, 3.05) is 19.6 Å². The van der Waals surface area contributed by atoms with Gasteiger partial charge in [0.1, 0.15) is 0 Å². The van der Waals surface area contributed by atoms with Crippen molar-refractivity contribution < 1.29 is 9.59 Å². The van der Waals surface area contributed by atoms with Gasteiger partial charge in [0.2, 0.25) is 5.91 Å². The van der Waals surface area contributed by atoms with E-state index in [0.717, 1.165) is 16.3 Å². The summed E-state index contributed by atoms with van der Waals surface area (Å²) in [5.74, 6) is -0.143. The minimum absolute atomic E-state index is 0.0193. The fraction of sp³-hybridized carbons (Fsp3) is 0.321. The molecule has 0 radical (unpaired) electrons. The number of halogens is 2. The van der Waals surface area contributed by atoms with Gasteiger partial charge < -0.3 is 27.0 Å². The summed E-state index contributed by atoms with van der Waals surface area (Å²) in [6.07, 6.45) is 1.86. The van der Waals surface area contributed by atoms with E-state index in [1.807, 2.05) is 59.5 Å². The van der Waals surface area contributed by atoms with Gasteiger partial charge in [0.15, 0.2) is 5.96 Å². The zero-order valence-electron chi connectivity index (χ0n) is 21.0. The van der Waals surface area contributed by atoms with Crippen LogP contribution in [0.1, 0.15) is 35.2 Å². The molecule has 0 bridgehead atoms. The Morgan fingerprint density at radius 1 is 1.05 bits per heavy atom. The van der Waals surface area contributed by atoms with Crippen molar-refractivity contribution in [3.8, 4) is 0 Å². The number of aliphatic imine (C=N–C) groups is 1. The lowest BCUT2D eigenvalue weighted by atomic mass is 10.1. The first-order valence-corrected chi connectivity index (χ1v) is 13.4. The topological polar surface area (TPSA) is 126 Å². The third-order valence-electron chi connectivity index (χ3n) is 6.56. The summed E-state index contributed by atoms with van der Waals surface area (Å²) < 4.78 is 0. The van der Waals surface area contributed by atoms with Crippen molar-refractivity contribution in [2.24, 2.45) is 16.5 Å². The fourth-order valence-corrected chi connectivity index (χ4v) is 5.25. The van der Waals surface area contributed by atoms with Gasteiger partial charge in [-0.05, 0) is 65.9 Å². The Balaban J connectivity index is 1.44. The molecule has 8 nitrogen and oxygen atoms in total. The van der Waals surface area contributed by atoms with Crippen LogP contribution in [0.25, 0.3) is 10.8 Å². The molecule has 1 aliphatic rings. The van der Waals surface area contributed by atoms with E-state index in [2.05, 4.69) is 15.6 Å². The highest BCUT2D eigenvalue weighted by molar-refractivity contribution is 6.34. The van der Waals surface area contributed by atoms with Crippen LogP contribution in [-0.2, 0) is 11.3 Å². The largest absolute Gasteiger partial charge is 0.370 e. The number of carbonyl (C=O) groups excluding carboxylic acids is 2. The van der Waals surface area contributed by atoms with Crippen LogP contribution in [0.3, 0.4) is 0 Å². The number of benzene rings is 3. The van der Waals surface area contributed by atoms with Crippen LogP contribution in [-0.4, -0.2) is 54.4 Å². The molecule has 10 heteroatoms. The lowest BCUT2D eigenvalue weighted by Crippen LogP contribution is -2.48. The molecule has 200 valence electrons. The van der Waals surface area contributed by atoms with E-state index in [1.54, 1.807) is 6.07 Å². The monoisotopic (exact) mass is 554 g/mol. The first-order chi connectivity index (χ1) is 18.3. The molecule has 0 spiro atoms. The number of hydrogen-bond donors (Lipinski definition) is 4. The van der Waals surface area contributed by atoms with E-state index in [9.17, 15) is 9.59 Å². The van der Waals surface area contributed by atoms with E-state index < -0.39 is 6.04 Å². The van der Waals surface area contributed by atoms with Gasteiger partial charge in [-0.3, -0.25) is 14.6 Å². The summed E-state index contributed by atoms with van der Waals surface area (Å²) in [6.45, 7) is 1.74. The first kappa shape index (κ1) is 27.7. The van der Waals surface area contributed by atoms with Gasteiger partial charge in [0.25, 0.3) is 5.91 Å².